The molecule has 2 aromatic heterocycles. The highest BCUT2D eigenvalue weighted by Crippen LogP contribution is 2.20. The number of amides is 1. The van der Waals surface area contributed by atoms with E-state index in [9.17, 15) is 4.79 Å². The molecule has 1 atom stereocenters. The first-order chi connectivity index (χ1) is 10.5. The lowest BCUT2D eigenvalue weighted by Gasteiger charge is -2.20. The first-order valence-electron chi connectivity index (χ1n) is 7.37. The lowest BCUT2D eigenvalue weighted by molar-refractivity contribution is -0.127. The van der Waals surface area contributed by atoms with E-state index in [-0.39, 0.29) is 11.9 Å². The van der Waals surface area contributed by atoms with Crippen LogP contribution in [0.5, 0.6) is 0 Å². The maximum atomic E-state index is 11.6. The molecular weight excluding hydrogens is 280 g/mol. The molecule has 1 aliphatic heterocycles. The van der Waals surface area contributed by atoms with Gasteiger partial charge in [-0.1, -0.05) is 0 Å². The van der Waals surface area contributed by atoms with Gasteiger partial charge in [-0.25, -0.2) is 4.98 Å². The van der Waals surface area contributed by atoms with Crippen LogP contribution in [0, 0.1) is 6.92 Å². The van der Waals surface area contributed by atoms with Gasteiger partial charge in [-0.2, -0.15) is 5.10 Å². The van der Waals surface area contributed by atoms with Crippen molar-refractivity contribution >= 4 is 11.7 Å². The van der Waals surface area contributed by atoms with Gasteiger partial charge in [-0.15, -0.1) is 0 Å². The Hall–Kier alpha value is -2.44. The number of rotatable bonds is 4. The van der Waals surface area contributed by atoms with E-state index < -0.39 is 0 Å². The second kappa shape index (κ2) is 5.75. The molecule has 7 heteroatoms. The molecule has 3 heterocycles. The molecule has 0 radical (unpaired) electrons. The summed E-state index contributed by atoms with van der Waals surface area (Å²) in [6.45, 7) is 2.61. The zero-order valence-electron chi connectivity index (χ0n) is 13.1. The van der Waals surface area contributed by atoms with Crippen molar-refractivity contribution in [3.05, 3.63) is 24.3 Å². The van der Waals surface area contributed by atoms with Crippen molar-refractivity contribution in [2.75, 3.05) is 18.9 Å². The zero-order chi connectivity index (χ0) is 15.7. The Balaban J connectivity index is 1.74. The number of nitrogens with one attached hydrogen (secondary N) is 1. The van der Waals surface area contributed by atoms with Gasteiger partial charge in [-0.3, -0.25) is 14.5 Å². The summed E-state index contributed by atoms with van der Waals surface area (Å²) in [4.78, 5) is 22.4. The molecule has 1 unspecified atom stereocenters. The van der Waals surface area contributed by atoms with Crippen LogP contribution in [0.3, 0.4) is 0 Å². The summed E-state index contributed by atoms with van der Waals surface area (Å²) in [5.74, 6) is 0.966. The monoisotopic (exact) mass is 300 g/mol. The molecule has 1 fully saturated rings. The minimum atomic E-state index is 0.207. The molecule has 22 heavy (non-hydrogen) atoms. The smallest absolute Gasteiger partial charge is 0.222 e. The SMILES string of the molecule is Cc1ncc(-c2cnn(C)c2)nc1NCC1CCC(=O)N1C. The van der Waals surface area contributed by atoms with E-state index in [0.29, 0.717) is 13.0 Å². The second-order valence-corrected chi connectivity index (χ2v) is 5.67. The van der Waals surface area contributed by atoms with Crippen molar-refractivity contribution in [1.82, 2.24) is 24.6 Å². The van der Waals surface area contributed by atoms with Crippen molar-refractivity contribution in [3.8, 4) is 11.3 Å². The predicted octanol–water partition coefficient (Wildman–Crippen LogP) is 1.22. The molecule has 3 rings (SSSR count). The summed E-state index contributed by atoms with van der Waals surface area (Å²) in [7, 11) is 3.73. The Morgan fingerprint density at radius 3 is 2.82 bits per heavy atom. The quantitative estimate of drug-likeness (QED) is 0.918. The van der Waals surface area contributed by atoms with Gasteiger partial charge >= 0.3 is 0 Å². The van der Waals surface area contributed by atoms with Gasteiger partial charge in [0.25, 0.3) is 0 Å². The van der Waals surface area contributed by atoms with Crippen molar-refractivity contribution in [1.29, 1.82) is 0 Å². The van der Waals surface area contributed by atoms with Gasteiger partial charge in [0, 0.05) is 44.9 Å². The van der Waals surface area contributed by atoms with Crippen LogP contribution in [-0.2, 0) is 11.8 Å². The number of likely N-dealkylation sites (tertiary alicyclic amines) is 1. The molecule has 1 saturated heterocycles. The van der Waals surface area contributed by atoms with Crippen LogP contribution in [0.25, 0.3) is 11.3 Å². The van der Waals surface area contributed by atoms with E-state index >= 15 is 0 Å². The fraction of sp³-hybridized carbons (Fsp3) is 0.467. The summed E-state index contributed by atoms with van der Waals surface area (Å²) < 4.78 is 1.74. The zero-order valence-corrected chi connectivity index (χ0v) is 13.1. The second-order valence-electron chi connectivity index (χ2n) is 5.67. The largest absolute Gasteiger partial charge is 0.366 e. The highest BCUT2D eigenvalue weighted by molar-refractivity contribution is 5.78. The number of likely N-dealkylation sites (N-methyl/N-ethyl adjacent to an activating group) is 1. The molecule has 0 saturated carbocycles. The van der Waals surface area contributed by atoms with Gasteiger partial charge in [-0.05, 0) is 13.3 Å². The normalized spacial score (nSPS) is 18.0. The van der Waals surface area contributed by atoms with E-state index in [1.807, 2.05) is 27.2 Å². The average Bonchev–Trinajstić information content (AvgIpc) is 3.06. The van der Waals surface area contributed by atoms with Crippen LogP contribution < -0.4 is 5.32 Å². The predicted molar refractivity (Wildman–Crippen MR) is 83.3 cm³/mol. The van der Waals surface area contributed by atoms with E-state index in [1.54, 1.807) is 22.0 Å². The van der Waals surface area contributed by atoms with Gasteiger partial charge in [0.2, 0.25) is 5.91 Å². The number of hydrogen-bond acceptors (Lipinski definition) is 5. The fourth-order valence-corrected chi connectivity index (χ4v) is 2.63. The molecule has 1 N–H and O–H groups in total. The van der Waals surface area contributed by atoms with Crippen LogP contribution in [0.1, 0.15) is 18.5 Å². The molecule has 1 aliphatic rings. The molecule has 0 bridgehead atoms. The lowest BCUT2D eigenvalue weighted by Crippen LogP contribution is -2.34. The summed E-state index contributed by atoms with van der Waals surface area (Å²) in [5, 5.41) is 7.48. The standard InChI is InChI=1S/C15H20N6O/c1-10-15(17-7-12-4-5-14(22)21(12)3)19-13(8-16-10)11-6-18-20(2)9-11/h6,8-9,12H,4-5,7H2,1-3H3,(H,17,19). The third kappa shape index (κ3) is 2.79. The number of hydrogen-bond donors (Lipinski definition) is 1. The first-order valence-corrected chi connectivity index (χ1v) is 7.37. The van der Waals surface area contributed by atoms with Gasteiger partial charge in [0.05, 0.1) is 23.8 Å². The van der Waals surface area contributed by atoms with Crippen molar-refractivity contribution in [2.24, 2.45) is 7.05 Å². The Kier molecular flexibility index (Phi) is 3.79. The van der Waals surface area contributed by atoms with E-state index in [0.717, 1.165) is 29.2 Å². The number of carbonyl (C=O) groups is 1. The fourth-order valence-electron chi connectivity index (χ4n) is 2.63. The van der Waals surface area contributed by atoms with E-state index in [2.05, 4.69) is 20.4 Å². The number of nitrogens with zero attached hydrogens (tertiary/aromatic N) is 5. The lowest BCUT2D eigenvalue weighted by atomic mass is 10.2. The molecule has 0 aromatic carbocycles. The van der Waals surface area contributed by atoms with Crippen LogP contribution in [0.15, 0.2) is 18.6 Å². The number of aryl methyl sites for hydroxylation is 2. The first kappa shape index (κ1) is 14.5. The van der Waals surface area contributed by atoms with Crippen molar-refractivity contribution < 1.29 is 4.79 Å². The maximum absolute atomic E-state index is 11.6. The molecule has 0 aliphatic carbocycles. The topological polar surface area (TPSA) is 75.9 Å². The summed E-state index contributed by atoms with van der Waals surface area (Å²) >= 11 is 0. The number of aromatic nitrogens is 4. The highest BCUT2D eigenvalue weighted by atomic mass is 16.2. The van der Waals surface area contributed by atoms with Gasteiger partial charge in [0.1, 0.15) is 5.82 Å². The molecule has 1 amide bonds. The maximum Gasteiger partial charge on any atom is 0.222 e. The summed E-state index contributed by atoms with van der Waals surface area (Å²) in [6.07, 6.45) is 6.95. The summed E-state index contributed by atoms with van der Waals surface area (Å²) in [6, 6.07) is 0.218. The summed E-state index contributed by atoms with van der Waals surface area (Å²) in [5.41, 5.74) is 2.57. The van der Waals surface area contributed by atoms with Crippen molar-refractivity contribution in [3.63, 3.8) is 0 Å². The highest BCUT2D eigenvalue weighted by Gasteiger charge is 2.27. The molecular formula is C15H20N6O. The van der Waals surface area contributed by atoms with E-state index in [1.165, 1.54) is 0 Å². The molecule has 7 nitrogen and oxygen atoms in total. The van der Waals surface area contributed by atoms with Crippen LogP contribution in [-0.4, -0.2) is 50.2 Å². The third-order valence-electron chi connectivity index (χ3n) is 4.09. The Morgan fingerprint density at radius 1 is 1.36 bits per heavy atom. The Labute approximate surface area is 129 Å². The van der Waals surface area contributed by atoms with Crippen LogP contribution in [0.4, 0.5) is 5.82 Å². The van der Waals surface area contributed by atoms with E-state index in [4.69, 9.17) is 0 Å². The third-order valence-corrected chi connectivity index (χ3v) is 4.09. The Morgan fingerprint density at radius 2 is 2.18 bits per heavy atom. The van der Waals surface area contributed by atoms with Crippen LogP contribution >= 0.6 is 0 Å². The minimum Gasteiger partial charge on any atom is -0.366 e. The Bertz CT molecular complexity index is 695. The average molecular weight is 300 g/mol. The number of anilines is 1. The minimum absolute atomic E-state index is 0.207. The van der Waals surface area contributed by atoms with Gasteiger partial charge in [0.15, 0.2) is 0 Å². The molecule has 0 spiro atoms. The van der Waals surface area contributed by atoms with Crippen molar-refractivity contribution in [2.45, 2.75) is 25.8 Å². The van der Waals surface area contributed by atoms with Gasteiger partial charge < -0.3 is 10.2 Å². The molecule has 2 aromatic rings. The number of carbonyl (C=O) groups excluding carboxylic acids is 1. The van der Waals surface area contributed by atoms with Crippen LogP contribution in [0.2, 0.25) is 0 Å². The molecule has 116 valence electrons.